The standard InChI is InChI=1S/C18H15N3O3/c1-19-16(22)10-6-7-14-11(8-10)13(9-20-14)18(24)12-4-2-3-5-15(12)21-17(18)23/h2-9,20,24H,1H3,(H,19,22)(H,21,23). The van der Waals surface area contributed by atoms with Crippen LogP contribution in [-0.4, -0.2) is 29.0 Å². The van der Waals surface area contributed by atoms with Crippen molar-refractivity contribution in [2.24, 2.45) is 0 Å². The zero-order valence-electron chi connectivity index (χ0n) is 12.9. The van der Waals surface area contributed by atoms with Gasteiger partial charge in [-0.15, -0.1) is 0 Å². The highest BCUT2D eigenvalue weighted by atomic mass is 16.3. The molecule has 0 bridgehead atoms. The van der Waals surface area contributed by atoms with Crippen LogP contribution in [0.15, 0.2) is 48.7 Å². The predicted octanol–water partition coefficient (Wildman–Crippen LogP) is 1.72. The maximum Gasteiger partial charge on any atom is 0.265 e. The summed E-state index contributed by atoms with van der Waals surface area (Å²) in [4.78, 5) is 27.5. The monoisotopic (exact) mass is 321 g/mol. The first-order chi connectivity index (χ1) is 11.6. The number of H-pyrrole nitrogens is 1. The smallest absolute Gasteiger partial charge is 0.265 e. The summed E-state index contributed by atoms with van der Waals surface area (Å²) in [5.74, 6) is -0.734. The average Bonchev–Trinajstić information content (AvgIpc) is 3.14. The lowest BCUT2D eigenvalue weighted by molar-refractivity contribution is -0.129. The Balaban J connectivity index is 1.96. The number of fused-ring (bicyclic) bond motifs is 2. The van der Waals surface area contributed by atoms with E-state index in [-0.39, 0.29) is 5.91 Å². The fourth-order valence-corrected chi connectivity index (χ4v) is 3.22. The van der Waals surface area contributed by atoms with Gasteiger partial charge in [-0.05, 0) is 24.3 Å². The Morgan fingerprint density at radius 3 is 2.75 bits per heavy atom. The molecule has 120 valence electrons. The maximum atomic E-state index is 12.5. The van der Waals surface area contributed by atoms with Crippen LogP contribution < -0.4 is 10.6 Å². The van der Waals surface area contributed by atoms with Crippen LogP contribution in [0.3, 0.4) is 0 Å². The number of rotatable bonds is 2. The summed E-state index contributed by atoms with van der Waals surface area (Å²) in [5.41, 5.74) is 0.911. The van der Waals surface area contributed by atoms with Gasteiger partial charge >= 0.3 is 0 Å². The molecule has 0 aliphatic carbocycles. The molecule has 1 aliphatic rings. The van der Waals surface area contributed by atoms with Crippen LogP contribution in [0.5, 0.6) is 0 Å². The molecule has 0 radical (unpaired) electrons. The lowest BCUT2D eigenvalue weighted by Crippen LogP contribution is -2.35. The van der Waals surface area contributed by atoms with Crippen molar-refractivity contribution in [1.29, 1.82) is 0 Å². The van der Waals surface area contributed by atoms with Gasteiger partial charge in [0.25, 0.3) is 11.8 Å². The number of hydrogen-bond donors (Lipinski definition) is 4. The summed E-state index contributed by atoms with van der Waals surface area (Å²) in [6.07, 6.45) is 1.61. The molecular formula is C18H15N3O3. The summed E-state index contributed by atoms with van der Waals surface area (Å²) in [6, 6.07) is 12.1. The summed E-state index contributed by atoms with van der Waals surface area (Å²) in [7, 11) is 1.55. The van der Waals surface area contributed by atoms with Crippen molar-refractivity contribution in [3.63, 3.8) is 0 Å². The lowest BCUT2D eigenvalue weighted by atomic mass is 9.87. The first-order valence-corrected chi connectivity index (χ1v) is 7.52. The average molecular weight is 321 g/mol. The van der Waals surface area contributed by atoms with Crippen LogP contribution in [0.2, 0.25) is 0 Å². The van der Waals surface area contributed by atoms with E-state index in [4.69, 9.17) is 0 Å². The number of aromatic nitrogens is 1. The van der Waals surface area contributed by atoms with Crippen molar-refractivity contribution in [2.45, 2.75) is 5.60 Å². The van der Waals surface area contributed by atoms with Crippen LogP contribution in [0.1, 0.15) is 21.5 Å². The van der Waals surface area contributed by atoms with Crippen molar-refractivity contribution < 1.29 is 14.7 Å². The molecule has 1 unspecified atom stereocenters. The van der Waals surface area contributed by atoms with E-state index >= 15 is 0 Å². The third-order valence-electron chi connectivity index (χ3n) is 4.45. The molecule has 0 fully saturated rings. The lowest BCUT2D eigenvalue weighted by Gasteiger charge is -2.20. The van der Waals surface area contributed by atoms with Gasteiger partial charge in [-0.25, -0.2) is 0 Å². The summed E-state index contributed by atoms with van der Waals surface area (Å²) in [5, 5.41) is 17.1. The van der Waals surface area contributed by atoms with Crippen molar-refractivity contribution in [2.75, 3.05) is 12.4 Å². The molecule has 1 aromatic heterocycles. The molecule has 2 heterocycles. The SMILES string of the molecule is CNC(=O)c1ccc2[nH]cc(C3(O)C(=O)Nc4ccccc43)c2c1. The number of nitrogens with one attached hydrogen (secondary N) is 3. The number of aromatic amines is 1. The van der Waals surface area contributed by atoms with Crippen LogP contribution in [0, 0.1) is 0 Å². The van der Waals surface area contributed by atoms with Crippen LogP contribution in [0.4, 0.5) is 5.69 Å². The molecular weight excluding hydrogens is 306 g/mol. The highest BCUT2D eigenvalue weighted by Gasteiger charge is 2.48. The zero-order valence-corrected chi connectivity index (χ0v) is 12.9. The molecule has 4 N–H and O–H groups in total. The Hall–Kier alpha value is -3.12. The number of carbonyl (C=O) groups is 2. The first kappa shape index (κ1) is 14.5. The van der Waals surface area contributed by atoms with Gasteiger partial charge in [0, 0.05) is 46.5 Å². The van der Waals surface area contributed by atoms with Crippen molar-refractivity contribution in [1.82, 2.24) is 10.3 Å². The van der Waals surface area contributed by atoms with E-state index in [2.05, 4.69) is 15.6 Å². The number of anilines is 1. The first-order valence-electron chi connectivity index (χ1n) is 7.52. The molecule has 6 heteroatoms. The molecule has 0 saturated carbocycles. The van der Waals surface area contributed by atoms with Crippen LogP contribution >= 0.6 is 0 Å². The van der Waals surface area contributed by atoms with E-state index in [1.807, 2.05) is 0 Å². The van der Waals surface area contributed by atoms with Crippen molar-refractivity contribution in [3.8, 4) is 0 Å². The highest BCUT2D eigenvalue weighted by Crippen LogP contribution is 2.43. The number of amides is 2. The Bertz CT molecular complexity index is 992. The molecule has 0 saturated heterocycles. The van der Waals surface area contributed by atoms with Crippen molar-refractivity contribution >= 4 is 28.4 Å². The van der Waals surface area contributed by atoms with Gasteiger partial charge in [-0.1, -0.05) is 18.2 Å². The van der Waals surface area contributed by atoms with E-state index in [9.17, 15) is 14.7 Å². The second-order valence-electron chi connectivity index (χ2n) is 5.75. The number of hydrogen-bond acceptors (Lipinski definition) is 3. The van der Waals surface area contributed by atoms with Crippen LogP contribution in [-0.2, 0) is 10.4 Å². The second kappa shape index (κ2) is 4.94. The fourth-order valence-electron chi connectivity index (χ4n) is 3.22. The normalized spacial score (nSPS) is 19.2. The Morgan fingerprint density at radius 2 is 1.96 bits per heavy atom. The third kappa shape index (κ3) is 1.80. The third-order valence-corrected chi connectivity index (χ3v) is 4.45. The van der Waals surface area contributed by atoms with E-state index in [0.717, 1.165) is 5.52 Å². The minimum absolute atomic E-state index is 0.229. The van der Waals surface area contributed by atoms with Gasteiger partial charge in [0.2, 0.25) is 0 Å². The zero-order chi connectivity index (χ0) is 16.9. The molecule has 6 nitrogen and oxygen atoms in total. The number of carbonyl (C=O) groups excluding carboxylic acids is 2. The fraction of sp³-hybridized carbons (Fsp3) is 0.111. The summed E-state index contributed by atoms with van der Waals surface area (Å²) >= 11 is 0. The summed E-state index contributed by atoms with van der Waals surface area (Å²) in [6.45, 7) is 0. The van der Waals surface area contributed by atoms with Gasteiger partial charge in [0.1, 0.15) is 0 Å². The maximum absolute atomic E-state index is 12.5. The highest BCUT2D eigenvalue weighted by molar-refractivity contribution is 6.10. The van der Waals surface area contributed by atoms with Gasteiger partial charge in [-0.2, -0.15) is 0 Å². The van der Waals surface area contributed by atoms with E-state index in [1.165, 1.54) is 0 Å². The topological polar surface area (TPSA) is 94.2 Å². The molecule has 0 spiro atoms. The van der Waals surface area contributed by atoms with Crippen LogP contribution in [0.25, 0.3) is 10.9 Å². The molecule has 2 aromatic carbocycles. The molecule has 24 heavy (non-hydrogen) atoms. The molecule has 2 amide bonds. The largest absolute Gasteiger partial charge is 0.372 e. The summed E-state index contributed by atoms with van der Waals surface area (Å²) < 4.78 is 0. The van der Waals surface area contributed by atoms with Crippen molar-refractivity contribution in [3.05, 3.63) is 65.4 Å². The molecule has 1 aliphatic heterocycles. The Kier molecular flexibility index (Phi) is 2.98. The van der Waals surface area contributed by atoms with E-state index < -0.39 is 11.5 Å². The number of benzene rings is 2. The minimum atomic E-state index is -1.80. The van der Waals surface area contributed by atoms with Gasteiger partial charge in [0.15, 0.2) is 5.60 Å². The predicted molar refractivity (Wildman–Crippen MR) is 89.8 cm³/mol. The van der Waals surface area contributed by atoms with Gasteiger partial charge in [0.05, 0.1) is 0 Å². The number of para-hydroxylation sites is 1. The van der Waals surface area contributed by atoms with E-state index in [1.54, 1.807) is 55.7 Å². The Labute approximate surface area is 137 Å². The quantitative estimate of drug-likeness (QED) is 0.579. The van der Waals surface area contributed by atoms with Gasteiger partial charge < -0.3 is 20.7 Å². The molecule has 4 rings (SSSR count). The number of aliphatic hydroxyl groups is 1. The second-order valence-corrected chi connectivity index (χ2v) is 5.75. The van der Waals surface area contributed by atoms with Gasteiger partial charge in [-0.3, -0.25) is 9.59 Å². The molecule has 1 atom stereocenters. The van der Waals surface area contributed by atoms with E-state index in [0.29, 0.717) is 27.8 Å². The Morgan fingerprint density at radius 1 is 1.17 bits per heavy atom. The molecule has 3 aromatic rings. The minimum Gasteiger partial charge on any atom is -0.372 e.